The first-order chi connectivity index (χ1) is 22.3. The highest BCUT2D eigenvalue weighted by Gasteiger charge is 2.25. The first-order valence-corrected chi connectivity index (χ1v) is 19.5. The normalized spacial score (nSPS) is 13.9. The lowest BCUT2D eigenvalue weighted by Crippen LogP contribution is -2.29. The largest absolute Gasteiger partial charge is 0.472 e. The summed E-state index contributed by atoms with van der Waals surface area (Å²) in [5, 5.41) is 0. The smallest absolute Gasteiger partial charge is 0.462 e. The van der Waals surface area contributed by atoms with Gasteiger partial charge in [-0.05, 0) is 51.4 Å². The highest BCUT2D eigenvalue weighted by Crippen LogP contribution is 2.43. The Kier molecular flexibility index (Phi) is 31.9. The van der Waals surface area contributed by atoms with Gasteiger partial charge < -0.3 is 20.1 Å². The van der Waals surface area contributed by atoms with E-state index in [9.17, 15) is 19.0 Å². The second kappa shape index (κ2) is 33.1. The number of unbranched alkanes of at least 4 members (excludes halogenated alkanes) is 14. The van der Waals surface area contributed by atoms with Crippen molar-refractivity contribution >= 4 is 19.8 Å². The summed E-state index contributed by atoms with van der Waals surface area (Å²) in [4.78, 5) is 34.6. The van der Waals surface area contributed by atoms with Crippen molar-refractivity contribution in [3.05, 3.63) is 36.5 Å². The van der Waals surface area contributed by atoms with Crippen molar-refractivity contribution in [2.45, 2.75) is 155 Å². The van der Waals surface area contributed by atoms with Gasteiger partial charge in [0.15, 0.2) is 6.10 Å². The van der Waals surface area contributed by atoms with E-state index in [2.05, 4.69) is 50.3 Å². The van der Waals surface area contributed by atoms with Crippen molar-refractivity contribution in [1.82, 2.24) is 0 Å². The van der Waals surface area contributed by atoms with Gasteiger partial charge in [-0.1, -0.05) is 121 Å². The Hall–Kier alpha value is -1.77. The quantitative estimate of drug-likeness (QED) is 0.0303. The Morgan fingerprint density at radius 2 is 1.13 bits per heavy atom. The maximum atomic E-state index is 12.5. The lowest BCUT2D eigenvalue weighted by Gasteiger charge is -2.19. The number of hydrogen-bond acceptors (Lipinski definition) is 8. The summed E-state index contributed by atoms with van der Waals surface area (Å²) >= 11 is 0. The fourth-order valence-electron chi connectivity index (χ4n) is 4.58. The Bertz CT molecular complexity index is 861. The molecule has 0 aliphatic rings. The SMILES string of the molecule is CCCCC/C=C\C/C=C\C/C=C\CCCCC(=O)O[C@H](COC(=O)CCCCCCCCCCCC)COP(=O)(O)OCCN. The van der Waals surface area contributed by atoms with Crippen LogP contribution in [0.3, 0.4) is 0 Å². The summed E-state index contributed by atoms with van der Waals surface area (Å²) < 4.78 is 32.5. The molecule has 0 rings (SSSR count). The number of carbonyl (C=O) groups is 2. The van der Waals surface area contributed by atoms with Gasteiger partial charge in [-0.25, -0.2) is 4.57 Å². The van der Waals surface area contributed by atoms with Gasteiger partial charge in [0.1, 0.15) is 6.61 Å². The Labute approximate surface area is 280 Å². The van der Waals surface area contributed by atoms with Gasteiger partial charge >= 0.3 is 19.8 Å². The summed E-state index contributed by atoms with van der Waals surface area (Å²) in [5.41, 5.74) is 5.32. The average Bonchev–Trinajstić information content (AvgIpc) is 3.04. The van der Waals surface area contributed by atoms with Crippen molar-refractivity contribution in [2.75, 3.05) is 26.4 Å². The lowest BCUT2D eigenvalue weighted by atomic mass is 10.1. The second-order valence-electron chi connectivity index (χ2n) is 11.7. The number of phosphoric ester groups is 1. The molecule has 9 nitrogen and oxygen atoms in total. The molecule has 0 aliphatic carbocycles. The van der Waals surface area contributed by atoms with Crippen LogP contribution in [0.4, 0.5) is 0 Å². The third-order valence-electron chi connectivity index (χ3n) is 7.28. The van der Waals surface area contributed by atoms with Crippen LogP contribution >= 0.6 is 7.82 Å². The topological polar surface area (TPSA) is 134 Å². The predicted octanol–water partition coefficient (Wildman–Crippen LogP) is 9.43. The van der Waals surface area contributed by atoms with Gasteiger partial charge in [-0.15, -0.1) is 0 Å². The first-order valence-electron chi connectivity index (χ1n) is 18.0. The van der Waals surface area contributed by atoms with Crippen molar-refractivity contribution in [2.24, 2.45) is 5.73 Å². The predicted molar refractivity (Wildman–Crippen MR) is 187 cm³/mol. The zero-order chi connectivity index (χ0) is 34.0. The minimum absolute atomic E-state index is 0.0473. The van der Waals surface area contributed by atoms with E-state index in [0.29, 0.717) is 6.42 Å². The van der Waals surface area contributed by atoms with Crippen LogP contribution in [0.15, 0.2) is 36.5 Å². The van der Waals surface area contributed by atoms with E-state index in [0.717, 1.165) is 51.4 Å². The van der Waals surface area contributed by atoms with Crippen molar-refractivity contribution in [3.8, 4) is 0 Å². The fraction of sp³-hybridized carbons (Fsp3) is 0.778. The van der Waals surface area contributed by atoms with Crippen LogP contribution in [0.5, 0.6) is 0 Å². The Morgan fingerprint density at radius 1 is 0.652 bits per heavy atom. The fourth-order valence-corrected chi connectivity index (χ4v) is 5.35. The van der Waals surface area contributed by atoms with Crippen molar-refractivity contribution in [3.63, 3.8) is 0 Å². The van der Waals surface area contributed by atoms with Crippen molar-refractivity contribution in [1.29, 1.82) is 0 Å². The molecule has 0 spiro atoms. The number of ether oxygens (including phenoxy) is 2. The molecule has 0 aromatic carbocycles. The molecule has 1 unspecified atom stereocenters. The summed E-state index contributed by atoms with van der Waals surface area (Å²) in [6.45, 7) is 3.62. The minimum atomic E-state index is -4.37. The molecule has 0 aromatic rings. The molecule has 0 amide bonds. The summed E-state index contributed by atoms with van der Waals surface area (Å²) in [6.07, 6.45) is 33.2. The molecule has 0 aliphatic heterocycles. The van der Waals surface area contributed by atoms with E-state index in [-0.39, 0.29) is 32.6 Å². The zero-order valence-corrected chi connectivity index (χ0v) is 29.9. The number of esters is 2. The summed E-state index contributed by atoms with van der Waals surface area (Å²) in [5.74, 6) is -0.877. The zero-order valence-electron chi connectivity index (χ0n) is 29.0. The van der Waals surface area contributed by atoms with Crippen LogP contribution in [-0.2, 0) is 32.7 Å². The number of phosphoric acid groups is 1. The van der Waals surface area contributed by atoms with E-state index in [4.69, 9.17) is 24.3 Å². The molecule has 0 aromatic heterocycles. The van der Waals surface area contributed by atoms with Crippen molar-refractivity contribution < 1.29 is 37.6 Å². The Balaban J connectivity index is 4.34. The van der Waals surface area contributed by atoms with E-state index in [1.54, 1.807) is 0 Å². The average molecular weight is 672 g/mol. The standard InChI is InChI=1S/C36H66NO8P/c1-3-5-7-9-11-13-15-16-17-18-19-21-23-25-27-29-36(39)45-34(33-44-46(40,41)43-31-30-37)32-42-35(38)28-26-24-22-20-14-12-10-8-6-4-2/h11,13,16-17,19,21,34H,3-10,12,14-15,18,20,22-33,37H2,1-2H3,(H,40,41)/b13-11-,17-16-,21-19-/t34-/m1/s1. The molecule has 0 heterocycles. The van der Waals surface area contributed by atoms with E-state index in [1.165, 1.54) is 64.2 Å². The van der Waals surface area contributed by atoms with Crippen LogP contribution in [-0.4, -0.2) is 49.3 Å². The second-order valence-corrected chi connectivity index (χ2v) is 13.2. The maximum absolute atomic E-state index is 12.5. The van der Waals surface area contributed by atoms with Gasteiger partial charge in [0.05, 0.1) is 13.2 Å². The molecular formula is C36H66NO8P. The number of nitrogens with two attached hydrogens (primary N) is 1. The lowest BCUT2D eigenvalue weighted by molar-refractivity contribution is -0.161. The molecule has 0 fully saturated rings. The highest BCUT2D eigenvalue weighted by molar-refractivity contribution is 7.47. The van der Waals surface area contributed by atoms with Crippen LogP contribution in [0.2, 0.25) is 0 Å². The molecule has 2 atom stereocenters. The van der Waals surface area contributed by atoms with Gasteiger partial charge in [0.2, 0.25) is 0 Å². The van der Waals surface area contributed by atoms with Crippen LogP contribution in [0.1, 0.15) is 149 Å². The minimum Gasteiger partial charge on any atom is -0.462 e. The van der Waals surface area contributed by atoms with Gasteiger partial charge in [0.25, 0.3) is 0 Å². The van der Waals surface area contributed by atoms with Gasteiger partial charge in [-0.2, -0.15) is 0 Å². The van der Waals surface area contributed by atoms with Gasteiger partial charge in [-0.3, -0.25) is 18.6 Å². The maximum Gasteiger partial charge on any atom is 0.472 e. The monoisotopic (exact) mass is 671 g/mol. The van der Waals surface area contributed by atoms with Gasteiger partial charge in [0, 0.05) is 19.4 Å². The number of rotatable bonds is 33. The number of allylic oxidation sites excluding steroid dienone is 6. The van der Waals surface area contributed by atoms with E-state index in [1.807, 2.05) is 0 Å². The number of carbonyl (C=O) groups excluding carboxylic acids is 2. The highest BCUT2D eigenvalue weighted by atomic mass is 31.2. The molecule has 0 saturated heterocycles. The molecular weight excluding hydrogens is 605 g/mol. The molecule has 268 valence electrons. The van der Waals surface area contributed by atoms with Crippen LogP contribution in [0.25, 0.3) is 0 Å². The Morgan fingerprint density at radius 3 is 1.72 bits per heavy atom. The number of hydrogen-bond donors (Lipinski definition) is 2. The molecule has 10 heteroatoms. The van der Waals surface area contributed by atoms with E-state index < -0.39 is 32.5 Å². The molecule has 3 N–H and O–H groups in total. The third kappa shape index (κ3) is 32.2. The first kappa shape index (κ1) is 44.2. The molecule has 0 bridgehead atoms. The molecule has 0 saturated carbocycles. The summed E-state index contributed by atoms with van der Waals surface area (Å²) in [6, 6.07) is 0. The summed E-state index contributed by atoms with van der Waals surface area (Å²) in [7, 11) is -4.37. The third-order valence-corrected chi connectivity index (χ3v) is 8.26. The van der Waals surface area contributed by atoms with Crippen LogP contribution < -0.4 is 5.73 Å². The molecule has 0 radical (unpaired) electrons. The van der Waals surface area contributed by atoms with E-state index >= 15 is 0 Å². The van der Waals surface area contributed by atoms with Crippen LogP contribution in [0, 0.1) is 0 Å². The molecule has 46 heavy (non-hydrogen) atoms.